The first-order valence-electron chi connectivity index (χ1n) is 9.63. The van der Waals surface area contributed by atoms with Gasteiger partial charge in [-0.2, -0.15) is 18.3 Å². The highest BCUT2D eigenvalue weighted by atomic mass is 19.4. The number of hydrogen-bond acceptors (Lipinski definition) is 6. The maximum absolute atomic E-state index is 13.5. The molecule has 4 aromatic heterocycles. The third-order valence-electron chi connectivity index (χ3n) is 4.67. The topological polar surface area (TPSA) is 111 Å². The predicted octanol–water partition coefficient (Wildman–Crippen LogP) is 3.77. The van der Waals surface area contributed by atoms with E-state index in [1.807, 2.05) is 0 Å². The third kappa shape index (κ3) is 3.63. The van der Waals surface area contributed by atoms with E-state index in [0.717, 1.165) is 10.6 Å². The summed E-state index contributed by atoms with van der Waals surface area (Å²) in [5.41, 5.74) is -0.967. The van der Waals surface area contributed by atoms with Crippen LogP contribution in [0, 0.1) is 0 Å². The van der Waals surface area contributed by atoms with Crippen molar-refractivity contribution in [2.75, 3.05) is 18.5 Å². The summed E-state index contributed by atoms with van der Waals surface area (Å²) < 4.78 is 46.5. The van der Waals surface area contributed by atoms with Crippen LogP contribution in [0.2, 0.25) is 0 Å². The first-order valence-corrected chi connectivity index (χ1v) is 9.63. The summed E-state index contributed by atoms with van der Waals surface area (Å²) in [5, 5.41) is 9.92. The molecule has 4 aromatic rings. The molecule has 0 aliphatic carbocycles. The van der Waals surface area contributed by atoms with Gasteiger partial charge in [0.25, 0.3) is 0 Å². The van der Waals surface area contributed by atoms with Crippen LogP contribution in [0.5, 0.6) is 0 Å². The quantitative estimate of drug-likeness (QED) is 0.365. The van der Waals surface area contributed by atoms with Crippen molar-refractivity contribution in [3.05, 3.63) is 42.0 Å². The zero-order valence-electron chi connectivity index (χ0n) is 16.9. The molecule has 4 heterocycles. The number of nitrogens with zero attached hydrogens (tertiary/aromatic N) is 4. The fourth-order valence-electron chi connectivity index (χ4n) is 3.39. The number of halogens is 3. The van der Waals surface area contributed by atoms with Crippen molar-refractivity contribution in [3.63, 3.8) is 0 Å². The molecule has 4 rings (SSSR count). The van der Waals surface area contributed by atoms with Crippen LogP contribution in [0.3, 0.4) is 0 Å². The average Bonchev–Trinajstić information content (AvgIpc) is 3.20. The molecule has 0 saturated heterocycles. The fraction of sp³-hybridized carbons (Fsp3) is 0.250. The Morgan fingerprint density at radius 3 is 2.56 bits per heavy atom. The number of carbonyl (C=O) groups is 2. The molecule has 0 aliphatic rings. The first kappa shape index (κ1) is 21.3. The molecule has 32 heavy (non-hydrogen) atoms. The standard InChI is InChI=1S/C20H17F3N6O3/c1-3-25-19(31)27-16-5-10-11(9-26-16)12-7-24-8-13(18(30)32-4-2)17(12)29-14(10)6-15(28-29)20(21,22)23/h5-9H,3-4H2,1-2H3,(H2,25,26,27,31). The molecule has 0 unspecified atom stereocenters. The molecule has 9 nitrogen and oxygen atoms in total. The number of carbonyl (C=O) groups excluding carboxylic acids is 2. The number of esters is 1. The minimum Gasteiger partial charge on any atom is -0.462 e. The van der Waals surface area contributed by atoms with E-state index in [-0.39, 0.29) is 29.0 Å². The Morgan fingerprint density at radius 1 is 1.09 bits per heavy atom. The maximum Gasteiger partial charge on any atom is 0.435 e. The van der Waals surface area contributed by atoms with Crippen molar-refractivity contribution in [2.45, 2.75) is 20.0 Å². The molecule has 0 spiro atoms. The third-order valence-corrected chi connectivity index (χ3v) is 4.67. The van der Waals surface area contributed by atoms with Gasteiger partial charge in [-0.05, 0) is 26.0 Å². The average molecular weight is 446 g/mol. The van der Waals surface area contributed by atoms with Crippen LogP contribution in [0.1, 0.15) is 29.9 Å². The Hall–Kier alpha value is -3.96. The van der Waals surface area contributed by atoms with Crippen molar-refractivity contribution in [3.8, 4) is 0 Å². The van der Waals surface area contributed by atoms with E-state index in [1.54, 1.807) is 13.8 Å². The highest BCUT2D eigenvalue weighted by molar-refractivity contribution is 6.16. The summed E-state index contributed by atoms with van der Waals surface area (Å²) in [4.78, 5) is 32.6. The van der Waals surface area contributed by atoms with Gasteiger partial charge < -0.3 is 10.1 Å². The van der Waals surface area contributed by atoms with E-state index in [9.17, 15) is 22.8 Å². The van der Waals surface area contributed by atoms with Gasteiger partial charge in [-0.3, -0.25) is 10.3 Å². The molecule has 2 N–H and O–H groups in total. The number of alkyl halides is 3. The number of urea groups is 1. The van der Waals surface area contributed by atoms with Crippen LogP contribution in [-0.2, 0) is 10.9 Å². The second kappa shape index (κ2) is 7.94. The molecule has 166 valence electrons. The Kier molecular flexibility index (Phi) is 5.28. The Labute approximate surface area is 178 Å². The summed E-state index contributed by atoms with van der Waals surface area (Å²) in [6.45, 7) is 3.82. The molecular weight excluding hydrogens is 429 g/mol. The minimum absolute atomic E-state index is 0.0300. The number of fused-ring (bicyclic) bond motifs is 6. The number of hydrogen-bond donors (Lipinski definition) is 2. The van der Waals surface area contributed by atoms with E-state index in [2.05, 4.69) is 25.7 Å². The van der Waals surface area contributed by atoms with Crippen molar-refractivity contribution < 1.29 is 27.5 Å². The zero-order chi connectivity index (χ0) is 23.0. The van der Waals surface area contributed by atoms with Crippen LogP contribution in [0.4, 0.5) is 23.8 Å². The lowest BCUT2D eigenvalue weighted by molar-refractivity contribution is -0.141. The molecule has 0 bridgehead atoms. The second-order valence-electron chi connectivity index (χ2n) is 6.73. The maximum atomic E-state index is 13.5. The summed E-state index contributed by atoms with van der Waals surface area (Å²) in [5.74, 6) is -0.605. The largest absolute Gasteiger partial charge is 0.462 e. The van der Waals surface area contributed by atoms with Gasteiger partial charge in [0.15, 0.2) is 5.69 Å². The van der Waals surface area contributed by atoms with Crippen molar-refractivity contribution in [2.24, 2.45) is 0 Å². The summed E-state index contributed by atoms with van der Waals surface area (Å²) in [6.07, 6.45) is -0.681. The summed E-state index contributed by atoms with van der Waals surface area (Å²) >= 11 is 0. The minimum atomic E-state index is -4.71. The van der Waals surface area contributed by atoms with Crippen molar-refractivity contribution in [1.29, 1.82) is 0 Å². The van der Waals surface area contributed by atoms with Crippen molar-refractivity contribution >= 4 is 45.0 Å². The predicted molar refractivity (Wildman–Crippen MR) is 109 cm³/mol. The summed E-state index contributed by atoms with van der Waals surface area (Å²) in [7, 11) is 0. The van der Waals surface area contributed by atoms with Crippen molar-refractivity contribution in [1.82, 2.24) is 24.9 Å². The second-order valence-corrected chi connectivity index (χ2v) is 6.73. The SMILES string of the molecule is CCNC(=O)Nc1cc2c(cn1)c1cncc(C(=O)OCC)c1n1nc(C(F)(F)F)cc21. The van der Waals surface area contributed by atoms with E-state index >= 15 is 0 Å². The highest BCUT2D eigenvalue weighted by Crippen LogP contribution is 2.35. The number of anilines is 1. The highest BCUT2D eigenvalue weighted by Gasteiger charge is 2.35. The molecule has 0 atom stereocenters. The van der Waals surface area contributed by atoms with E-state index in [0.29, 0.717) is 22.7 Å². The molecule has 0 fully saturated rings. The molecule has 2 amide bonds. The molecule has 0 radical (unpaired) electrons. The zero-order valence-corrected chi connectivity index (χ0v) is 16.9. The van der Waals surface area contributed by atoms with Gasteiger partial charge in [-0.15, -0.1) is 0 Å². The first-order chi connectivity index (χ1) is 15.2. The Morgan fingerprint density at radius 2 is 1.88 bits per heavy atom. The Balaban J connectivity index is 2.07. The fourth-order valence-corrected chi connectivity index (χ4v) is 3.39. The molecule has 12 heteroatoms. The van der Waals surface area contributed by atoms with Crippen LogP contribution in [0.15, 0.2) is 30.7 Å². The molecular formula is C20H17F3N6O3. The van der Waals surface area contributed by atoms with Crippen LogP contribution < -0.4 is 10.6 Å². The number of pyridine rings is 3. The molecule has 0 aliphatic heterocycles. The normalized spacial score (nSPS) is 11.8. The van der Waals surface area contributed by atoms with Gasteiger partial charge in [-0.1, -0.05) is 0 Å². The monoisotopic (exact) mass is 446 g/mol. The summed E-state index contributed by atoms with van der Waals surface area (Å²) in [6, 6.07) is 1.82. The van der Waals surface area contributed by atoms with Crippen LogP contribution >= 0.6 is 0 Å². The van der Waals surface area contributed by atoms with Crippen LogP contribution in [0.25, 0.3) is 27.2 Å². The van der Waals surface area contributed by atoms with Gasteiger partial charge in [0, 0.05) is 41.3 Å². The smallest absolute Gasteiger partial charge is 0.435 e. The molecule has 0 saturated carbocycles. The lowest BCUT2D eigenvalue weighted by Crippen LogP contribution is -2.28. The van der Waals surface area contributed by atoms with E-state index in [1.165, 1.54) is 24.7 Å². The number of amides is 2. The van der Waals surface area contributed by atoms with Gasteiger partial charge in [0.05, 0.1) is 17.6 Å². The lowest BCUT2D eigenvalue weighted by Gasteiger charge is -2.12. The van der Waals surface area contributed by atoms with E-state index < -0.39 is 23.9 Å². The van der Waals surface area contributed by atoms with Crippen LogP contribution in [-0.4, -0.2) is 44.7 Å². The lowest BCUT2D eigenvalue weighted by atomic mass is 10.1. The number of ether oxygens (including phenoxy) is 1. The van der Waals surface area contributed by atoms with Gasteiger partial charge in [0.2, 0.25) is 0 Å². The van der Waals surface area contributed by atoms with E-state index in [4.69, 9.17) is 4.74 Å². The number of rotatable bonds is 4. The van der Waals surface area contributed by atoms with Gasteiger partial charge in [-0.25, -0.2) is 19.1 Å². The number of nitrogens with one attached hydrogen (secondary N) is 2. The van der Waals surface area contributed by atoms with Gasteiger partial charge in [0.1, 0.15) is 11.4 Å². The Bertz CT molecular complexity index is 1370. The molecule has 0 aromatic carbocycles. The van der Waals surface area contributed by atoms with Gasteiger partial charge >= 0.3 is 18.2 Å². The number of aromatic nitrogens is 4.